The fraction of sp³-hybridized carbons (Fsp3) is 0.900. The van der Waals surface area contributed by atoms with E-state index in [4.69, 9.17) is 14.2 Å². The number of esters is 2. The van der Waals surface area contributed by atoms with Crippen LogP contribution in [0.2, 0.25) is 0 Å². The number of ether oxygens (including phenoxy) is 3. The Morgan fingerprint density at radius 3 is 1.26 bits per heavy atom. The number of allylic oxidation sites excluding steroid dienone is 2. The summed E-state index contributed by atoms with van der Waals surface area (Å²) in [7, 11) is 5.54. The molecule has 2 unspecified atom stereocenters. The van der Waals surface area contributed by atoms with E-state index in [-0.39, 0.29) is 36.2 Å². The van der Waals surface area contributed by atoms with Crippen LogP contribution in [0.3, 0.4) is 0 Å². The summed E-state index contributed by atoms with van der Waals surface area (Å²) in [6, 6.07) is -0.613. The molecule has 0 fully saturated rings. The number of carboxylic acid groups (broad SMARTS) is 1. The summed E-state index contributed by atoms with van der Waals surface area (Å²) in [6.45, 7) is 4.76. The second kappa shape index (κ2) is 41.8. The fourth-order valence-corrected chi connectivity index (χ4v) is 7.56. The maximum atomic E-state index is 12.7. The van der Waals surface area contributed by atoms with Crippen LogP contribution in [-0.4, -0.2) is 80.6 Å². The molecule has 1 N–H and O–H groups in total. The summed E-state index contributed by atoms with van der Waals surface area (Å²) in [5.41, 5.74) is 0. The quantitative estimate of drug-likeness (QED) is 0.0283. The predicted octanol–water partition coefficient (Wildman–Crippen LogP) is 13.9. The van der Waals surface area contributed by atoms with Gasteiger partial charge in [0.05, 0.1) is 34.4 Å². The number of carbonyl (C=O) groups is 3. The maximum absolute atomic E-state index is 12.7. The molecule has 0 aromatic carbocycles. The number of aliphatic carboxylic acids is 1. The van der Waals surface area contributed by atoms with E-state index in [0.29, 0.717) is 19.3 Å². The van der Waals surface area contributed by atoms with Crippen LogP contribution in [-0.2, 0) is 28.6 Å². The molecular weight excluding hydrogens is 727 g/mol. The van der Waals surface area contributed by atoms with Gasteiger partial charge in [-0.1, -0.05) is 193 Å². The zero-order valence-corrected chi connectivity index (χ0v) is 39.0. The van der Waals surface area contributed by atoms with Crippen LogP contribution >= 0.6 is 0 Å². The van der Waals surface area contributed by atoms with Gasteiger partial charge in [-0.2, -0.15) is 0 Å². The molecule has 0 aromatic heterocycles. The first-order chi connectivity index (χ1) is 28.1. The second-order valence-corrected chi connectivity index (χ2v) is 18.1. The van der Waals surface area contributed by atoms with Crippen molar-refractivity contribution < 1.29 is 38.2 Å². The average Bonchev–Trinajstić information content (AvgIpc) is 3.18. The van der Waals surface area contributed by atoms with Crippen molar-refractivity contribution in [3.8, 4) is 0 Å². The molecule has 0 amide bonds. The Balaban J connectivity index is 4.22. The van der Waals surface area contributed by atoms with Crippen LogP contribution in [0.1, 0.15) is 239 Å². The lowest BCUT2D eigenvalue weighted by atomic mass is 10.0. The number of rotatable bonds is 45. The highest BCUT2D eigenvalue weighted by molar-refractivity contribution is 5.72. The van der Waals surface area contributed by atoms with E-state index in [2.05, 4.69) is 26.0 Å². The minimum absolute atomic E-state index is 0.0506. The van der Waals surface area contributed by atoms with Gasteiger partial charge < -0.3 is 23.8 Å². The monoisotopic (exact) mass is 823 g/mol. The molecule has 2 atom stereocenters. The van der Waals surface area contributed by atoms with Crippen molar-refractivity contribution in [2.45, 2.75) is 251 Å². The van der Waals surface area contributed by atoms with Gasteiger partial charge in [-0.05, 0) is 38.5 Å². The summed E-state index contributed by atoms with van der Waals surface area (Å²) in [4.78, 5) is 37.1. The first-order valence-electron chi connectivity index (χ1n) is 24.7. The van der Waals surface area contributed by atoms with Crippen molar-refractivity contribution >= 4 is 17.9 Å². The average molecular weight is 823 g/mol. The molecule has 0 aromatic rings. The molecule has 0 saturated carbocycles. The lowest BCUT2D eigenvalue weighted by molar-refractivity contribution is -0.887. The Labute approximate surface area is 359 Å². The fourth-order valence-electron chi connectivity index (χ4n) is 7.56. The topological polar surface area (TPSA) is 99.1 Å². The van der Waals surface area contributed by atoms with E-state index in [1.807, 2.05) is 21.1 Å². The van der Waals surface area contributed by atoms with Gasteiger partial charge in [-0.15, -0.1) is 0 Å². The van der Waals surface area contributed by atoms with Crippen LogP contribution in [0.5, 0.6) is 0 Å². The molecular formula is C50H96NO7+. The number of carboxylic acids is 1. The third-order valence-corrected chi connectivity index (χ3v) is 11.4. The smallest absolute Gasteiger partial charge is 0.362 e. The largest absolute Gasteiger partial charge is 0.477 e. The van der Waals surface area contributed by atoms with Crippen LogP contribution in [0, 0.1) is 0 Å². The summed E-state index contributed by atoms with van der Waals surface area (Å²) in [6.07, 6.45) is 45.5. The SMILES string of the molecule is CCCCCCCCC/C=C/CCCCCC(=O)OC(COCCC(C(=O)O)[N+](C)(C)C)COC(=O)CCCCCCCCCCCCCCCCCCCCCC. The second-order valence-electron chi connectivity index (χ2n) is 18.1. The zero-order chi connectivity index (χ0) is 42.8. The van der Waals surface area contributed by atoms with Gasteiger partial charge >= 0.3 is 17.9 Å². The van der Waals surface area contributed by atoms with Crippen molar-refractivity contribution in [1.82, 2.24) is 0 Å². The summed E-state index contributed by atoms with van der Waals surface area (Å²) >= 11 is 0. The Bertz CT molecular complexity index is 962. The van der Waals surface area contributed by atoms with Crippen molar-refractivity contribution in [3.05, 3.63) is 12.2 Å². The van der Waals surface area contributed by atoms with Gasteiger partial charge in [0.25, 0.3) is 0 Å². The molecule has 0 bridgehead atoms. The van der Waals surface area contributed by atoms with Crippen LogP contribution in [0.25, 0.3) is 0 Å². The number of hydrogen-bond acceptors (Lipinski definition) is 6. The first kappa shape index (κ1) is 56.1. The minimum atomic E-state index is -0.873. The number of unbranched alkanes of at least 4 members (excludes halogenated alkanes) is 29. The molecule has 8 nitrogen and oxygen atoms in total. The molecule has 0 aliphatic heterocycles. The van der Waals surface area contributed by atoms with E-state index in [1.165, 1.54) is 154 Å². The molecule has 0 heterocycles. The Hall–Kier alpha value is -1.93. The normalized spacial score (nSPS) is 12.9. The van der Waals surface area contributed by atoms with Gasteiger partial charge in [0.1, 0.15) is 6.61 Å². The standard InChI is InChI=1S/C50H95NO7/c1-6-8-10-12-14-16-18-20-22-23-24-25-26-27-29-30-32-34-36-38-40-48(52)57-45-46(44-56-43-42-47(50(54)55)51(3,4)5)58-49(53)41-39-37-35-33-31-28-21-19-17-15-13-11-9-7-2/h28,31,46-47H,6-27,29-30,32-45H2,1-5H3/p+1/b31-28+. The molecule has 0 saturated heterocycles. The Morgan fingerprint density at radius 1 is 0.500 bits per heavy atom. The lowest BCUT2D eigenvalue weighted by Crippen LogP contribution is -2.50. The van der Waals surface area contributed by atoms with Crippen molar-refractivity contribution in [2.75, 3.05) is 41.0 Å². The molecule has 0 aliphatic carbocycles. The zero-order valence-electron chi connectivity index (χ0n) is 39.0. The highest BCUT2D eigenvalue weighted by Crippen LogP contribution is 2.16. The summed E-state index contributed by atoms with van der Waals surface area (Å²) in [5.74, 6) is -1.47. The van der Waals surface area contributed by atoms with Crippen LogP contribution in [0.15, 0.2) is 12.2 Å². The highest BCUT2D eigenvalue weighted by Gasteiger charge is 2.31. The molecule has 8 heteroatoms. The van der Waals surface area contributed by atoms with Crippen molar-refractivity contribution in [2.24, 2.45) is 0 Å². The summed E-state index contributed by atoms with van der Waals surface area (Å²) in [5, 5.41) is 9.63. The number of nitrogens with zero attached hydrogens (tertiary/aromatic N) is 1. The van der Waals surface area contributed by atoms with E-state index in [9.17, 15) is 19.5 Å². The van der Waals surface area contributed by atoms with Crippen molar-refractivity contribution in [1.29, 1.82) is 0 Å². The lowest BCUT2D eigenvalue weighted by Gasteiger charge is -2.31. The number of likely N-dealkylation sites (N-methyl/N-ethyl adjacent to an activating group) is 1. The Kier molecular flexibility index (Phi) is 40.4. The van der Waals surface area contributed by atoms with E-state index in [0.717, 1.165) is 51.4 Å². The predicted molar refractivity (Wildman–Crippen MR) is 243 cm³/mol. The third kappa shape index (κ3) is 39.5. The van der Waals surface area contributed by atoms with Gasteiger partial charge in [-0.25, -0.2) is 4.79 Å². The number of hydrogen-bond donors (Lipinski definition) is 1. The van der Waals surface area contributed by atoms with E-state index >= 15 is 0 Å². The minimum Gasteiger partial charge on any atom is -0.477 e. The molecule has 0 spiro atoms. The van der Waals surface area contributed by atoms with E-state index in [1.54, 1.807) is 0 Å². The highest BCUT2D eigenvalue weighted by atomic mass is 16.6. The number of carbonyl (C=O) groups excluding carboxylic acids is 2. The molecule has 342 valence electrons. The van der Waals surface area contributed by atoms with Gasteiger partial charge in [0.2, 0.25) is 0 Å². The maximum Gasteiger partial charge on any atom is 0.362 e. The van der Waals surface area contributed by atoms with E-state index < -0.39 is 18.1 Å². The first-order valence-corrected chi connectivity index (χ1v) is 24.7. The molecule has 0 rings (SSSR count). The summed E-state index contributed by atoms with van der Waals surface area (Å²) < 4.78 is 17.3. The van der Waals surface area contributed by atoms with Gasteiger partial charge in [0, 0.05) is 19.3 Å². The number of quaternary nitrogens is 1. The van der Waals surface area contributed by atoms with Gasteiger partial charge in [-0.3, -0.25) is 9.59 Å². The van der Waals surface area contributed by atoms with Crippen molar-refractivity contribution in [3.63, 3.8) is 0 Å². The molecule has 0 radical (unpaired) electrons. The Morgan fingerprint density at radius 2 is 0.862 bits per heavy atom. The third-order valence-electron chi connectivity index (χ3n) is 11.4. The van der Waals surface area contributed by atoms with Crippen LogP contribution < -0.4 is 0 Å². The van der Waals surface area contributed by atoms with Crippen LogP contribution in [0.4, 0.5) is 0 Å². The molecule has 0 aliphatic rings. The van der Waals surface area contributed by atoms with Gasteiger partial charge in [0.15, 0.2) is 12.1 Å². The molecule has 58 heavy (non-hydrogen) atoms.